The Hall–Kier alpha value is -2.92. The van der Waals surface area contributed by atoms with Crippen molar-refractivity contribution >= 4 is 28.4 Å². The minimum Gasteiger partial charge on any atom is -0.476 e. The Morgan fingerprint density at radius 1 is 1.32 bits per heavy atom. The number of ether oxygens (including phenoxy) is 1. The summed E-state index contributed by atoms with van der Waals surface area (Å²) in [5.41, 5.74) is 1.42. The van der Waals surface area contributed by atoms with E-state index in [1.54, 1.807) is 16.9 Å². The normalized spacial score (nSPS) is 11.6. The van der Waals surface area contributed by atoms with E-state index in [0.29, 0.717) is 29.4 Å². The number of pyridine rings is 2. The van der Waals surface area contributed by atoms with E-state index in [1.807, 2.05) is 0 Å². The van der Waals surface area contributed by atoms with Crippen LogP contribution in [-0.2, 0) is 6.54 Å². The van der Waals surface area contributed by atoms with Crippen LogP contribution in [-0.4, -0.2) is 56.7 Å². The lowest BCUT2D eigenvalue weighted by atomic mass is 10.2. The number of aromatic nitrogens is 4. The van der Waals surface area contributed by atoms with E-state index in [0.717, 1.165) is 0 Å². The van der Waals surface area contributed by atoms with E-state index in [2.05, 4.69) is 20.4 Å². The molecule has 0 bridgehead atoms. The van der Waals surface area contributed by atoms with Crippen LogP contribution in [0.15, 0.2) is 30.7 Å². The number of hydrogen-bond donors (Lipinski definition) is 2. The third kappa shape index (κ3) is 6.28. The summed E-state index contributed by atoms with van der Waals surface area (Å²) in [4.78, 5) is 20.4. The number of fused-ring (bicyclic) bond motifs is 1. The van der Waals surface area contributed by atoms with Gasteiger partial charge in [0.2, 0.25) is 5.88 Å². The van der Waals surface area contributed by atoms with E-state index >= 15 is 0 Å². The fourth-order valence-electron chi connectivity index (χ4n) is 2.73. The predicted octanol–water partition coefficient (Wildman–Crippen LogP) is 2.97. The average molecular weight is 458 g/mol. The van der Waals surface area contributed by atoms with Gasteiger partial charge in [-0.25, -0.2) is 4.98 Å². The van der Waals surface area contributed by atoms with Gasteiger partial charge in [-0.05, 0) is 24.1 Å². The van der Waals surface area contributed by atoms with E-state index in [4.69, 9.17) is 21.4 Å². The van der Waals surface area contributed by atoms with E-state index in [-0.39, 0.29) is 35.7 Å². The number of aliphatic hydroxyl groups excluding tert-OH is 1. The Kier molecular flexibility index (Phi) is 7.29. The van der Waals surface area contributed by atoms with Gasteiger partial charge in [-0.3, -0.25) is 14.5 Å². The van der Waals surface area contributed by atoms with Gasteiger partial charge in [-0.2, -0.15) is 18.3 Å². The number of amides is 1. The van der Waals surface area contributed by atoms with Crippen LogP contribution < -0.4 is 10.1 Å². The minimum atomic E-state index is -4.32. The topological polar surface area (TPSA) is 102 Å². The third-order valence-corrected chi connectivity index (χ3v) is 4.42. The quantitative estimate of drug-likeness (QED) is 0.479. The van der Waals surface area contributed by atoms with Gasteiger partial charge in [0.15, 0.2) is 0 Å². The summed E-state index contributed by atoms with van der Waals surface area (Å²) in [7, 11) is 0. The van der Waals surface area contributed by atoms with Crippen LogP contribution in [0.5, 0.6) is 5.88 Å². The molecule has 2 N–H and O–H groups in total. The van der Waals surface area contributed by atoms with Crippen molar-refractivity contribution in [2.45, 2.75) is 25.6 Å². The van der Waals surface area contributed by atoms with Crippen LogP contribution in [0, 0.1) is 0 Å². The molecule has 0 aliphatic carbocycles. The maximum Gasteiger partial charge on any atom is 0.392 e. The zero-order chi connectivity index (χ0) is 22.4. The molecule has 0 aliphatic rings. The number of alkyl halides is 3. The van der Waals surface area contributed by atoms with Crippen LogP contribution >= 0.6 is 11.6 Å². The highest BCUT2D eigenvalue weighted by Gasteiger charge is 2.27. The monoisotopic (exact) mass is 457 g/mol. The lowest BCUT2D eigenvalue weighted by Gasteiger charge is -2.10. The first-order valence-corrected chi connectivity index (χ1v) is 9.70. The number of rotatable bonds is 9. The largest absolute Gasteiger partial charge is 0.476 e. The van der Waals surface area contributed by atoms with Crippen LogP contribution in [0.3, 0.4) is 0 Å². The van der Waals surface area contributed by atoms with Gasteiger partial charge < -0.3 is 15.2 Å². The summed E-state index contributed by atoms with van der Waals surface area (Å²) in [6, 6.07) is 3.20. The summed E-state index contributed by atoms with van der Waals surface area (Å²) in [6.07, 6.45) is -0.418. The van der Waals surface area contributed by atoms with Crippen molar-refractivity contribution in [1.82, 2.24) is 25.1 Å². The van der Waals surface area contributed by atoms with Gasteiger partial charge in [-0.1, -0.05) is 11.6 Å². The number of aliphatic hydroxyl groups is 1. The molecule has 0 saturated carbocycles. The number of hydrogen-bond acceptors (Lipinski definition) is 6. The highest BCUT2D eigenvalue weighted by molar-refractivity contribution is 6.31. The number of carbonyl (C=O) groups excluding carboxylic acids is 1. The highest BCUT2D eigenvalue weighted by Crippen LogP contribution is 2.25. The van der Waals surface area contributed by atoms with Gasteiger partial charge in [0.05, 0.1) is 30.5 Å². The first-order valence-electron chi connectivity index (χ1n) is 9.32. The van der Waals surface area contributed by atoms with Gasteiger partial charge in [0.25, 0.3) is 5.91 Å². The van der Waals surface area contributed by atoms with E-state index in [1.165, 1.54) is 18.5 Å². The molecule has 0 radical (unpaired) electrons. The Labute approximate surface area is 180 Å². The van der Waals surface area contributed by atoms with Crippen molar-refractivity contribution in [2.24, 2.45) is 0 Å². The summed E-state index contributed by atoms with van der Waals surface area (Å²) >= 11 is 6.07. The summed E-state index contributed by atoms with van der Waals surface area (Å²) in [5, 5.41) is 16.6. The molecule has 8 nitrogen and oxygen atoms in total. The maximum absolute atomic E-state index is 12.3. The van der Waals surface area contributed by atoms with Crippen LogP contribution in [0.25, 0.3) is 10.9 Å². The molecule has 0 fully saturated rings. The third-order valence-electron chi connectivity index (χ3n) is 4.15. The molecule has 3 heterocycles. The van der Waals surface area contributed by atoms with Crippen molar-refractivity contribution in [3.8, 4) is 5.88 Å². The van der Waals surface area contributed by atoms with Crippen LogP contribution in [0.4, 0.5) is 13.2 Å². The molecule has 12 heteroatoms. The van der Waals surface area contributed by atoms with Crippen molar-refractivity contribution in [3.05, 3.63) is 47.0 Å². The van der Waals surface area contributed by atoms with Crippen molar-refractivity contribution in [1.29, 1.82) is 0 Å². The number of carbonyl (C=O) groups is 1. The number of nitrogens with zero attached hydrogens (tertiary/aromatic N) is 4. The fraction of sp³-hybridized carbons (Fsp3) is 0.368. The number of nitrogens with one attached hydrogen (secondary N) is 1. The van der Waals surface area contributed by atoms with Crippen molar-refractivity contribution in [2.75, 3.05) is 19.8 Å². The molecule has 166 valence electrons. The first kappa shape index (κ1) is 22.8. The molecular formula is C19H19ClF3N5O3. The zero-order valence-electron chi connectivity index (χ0n) is 16.2. The van der Waals surface area contributed by atoms with Crippen molar-refractivity contribution < 1.29 is 27.8 Å². The molecule has 3 aromatic heterocycles. The van der Waals surface area contributed by atoms with Gasteiger partial charge in [-0.15, -0.1) is 0 Å². The van der Waals surface area contributed by atoms with E-state index < -0.39 is 19.2 Å². The summed E-state index contributed by atoms with van der Waals surface area (Å²) in [6.45, 7) is -0.0201. The molecular weight excluding hydrogens is 439 g/mol. The highest BCUT2D eigenvalue weighted by atomic mass is 35.5. The molecule has 1 amide bonds. The Balaban J connectivity index is 1.71. The molecule has 0 atom stereocenters. The lowest BCUT2D eigenvalue weighted by Crippen LogP contribution is -2.26. The lowest BCUT2D eigenvalue weighted by molar-refractivity contribution is -0.139. The standard InChI is InChI=1S/C19H19ClF3N5O3/c20-14-8-12(9-26-18(14)31-7-3-19(21,22)23)10-28-11-13-15(27-28)2-5-24-16(13)17(30)25-4-1-6-29/h2,5,8-9,11,29H,1,3-4,6-7,10H2,(H,25,30). The van der Waals surface area contributed by atoms with Crippen LogP contribution in [0.1, 0.15) is 28.9 Å². The fourth-order valence-corrected chi connectivity index (χ4v) is 2.97. The van der Waals surface area contributed by atoms with Crippen LogP contribution in [0.2, 0.25) is 5.02 Å². The molecule has 0 aromatic carbocycles. The predicted molar refractivity (Wildman–Crippen MR) is 106 cm³/mol. The Bertz CT molecular complexity index is 1060. The Morgan fingerprint density at radius 3 is 2.84 bits per heavy atom. The summed E-state index contributed by atoms with van der Waals surface area (Å²) in [5.74, 6) is -0.449. The zero-order valence-corrected chi connectivity index (χ0v) is 16.9. The van der Waals surface area contributed by atoms with Gasteiger partial charge >= 0.3 is 6.18 Å². The molecule has 0 spiro atoms. The van der Waals surface area contributed by atoms with E-state index in [9.17, 15) is 18.0 Å². The minimum absolute atomic E-state index is 0.0292. The molecule has 31 heavy (non-hydrogen) atoms. The second-order valence-electron chi connectivity index (χ2n) is 6.60. The second-order valence-corrected chi connectivity index (χ2v) is 7.00. The molecule has 0 unspecified atom stereocenters. The molecule has 3 aromatic rings. The molecule has 0 saturated heterocycles. The van der Waals surface area contributed by atoms with Gasteiger partial charge in [0, 0.05) is 31.7 Å². The van der Waals surface area contributed by atoms with Gasteiger partial charge in [0.1, 0.15) is 10.7 Å². The second kappa shape index (κ2) is 9.92. The van der Waals surface area contributed by atoms with Crippen molar-refractivity contribution in [3.63, 3.8) is 0 Å². The Morgan fingerprint density at radius 2 is 2.13 bits per heavy atom. The maximum atomic E-state index is 12.3. The smallest absolute Gasteiger partial charge is 0.392 e. The number of halogens is 4. The molecule has 0 aliphatic heterocycles. The SMILES string of the molecule is O=C(NCCCO)c1nccc2nn(Cc3cnc(OCCC(F)(F)F)c(Cl)c3)cc12. The summed E-state index contributed by atoms with van der Waals surface area (Å²) < 4.78 is 43.3. The first-order chi connectivity index (χ1) is 14.8. The average Bonchev–Trinajstić information content (AvgIpc) is 3.11. The molecule has 3 rings (SSSR count).